The molecule has 126 valence electrons. The van der Waals surface area contributed by atoms with Crippen LogP contribution >= 0.6 is 0 Å². The molecule has 3 aromatic rings. The number of anilines is 1. The van der Waals surface area contributed by atoms with Gasteiger partial charge in [0.2, 0.25) is 0 Å². The van der Waals surface area contributed by atoms with Crippen LogP contribution in [0, 0.1) is 0 Å². The van der Waals surface area contributed by atoms with Gasteiger partial charge in [-0.2, -0.15) is 0 Å². The van der Waals surface area contributed by atoms with E-state index in [4.69, 9.17) is 4.74 Å². The normalized spacial score (nSPS) is 11.8. The highest BCUT2D eigenvalue weighted by Crippen LogP contribution is 2.23. The van der Waals surface area contributed by atoms with Crippen LogP contribution in [-0.4, -0.2) is 17.8 Å². The number of nitrogens with one attached hydrogen (secondary N) is 1. The first kappa shape index (κ1) is 16.7. The third kappa shape index (κ3) is 3.86. The third-order valence-corrected chi connectivity index (χ3v) is 3.97. The van der Waals surface area contributed by atoms with Crippen molar-refractivity contribution in [3.05, 3.63) is 72.3 Å². The van der Waals surface area contributed by atoms with E-state index in [0.717, 1.165) is 16.5 Å². The molecule has 3 rings (SSSR count). The van der Waals surface area contributed by atoms with Crippen molar-refractivity contribution in [2.75, 3.05) is 5.32 Å². The Bertz CT molecular complexity index is 928. The zero-order valence-corrected chi connectivity index (χ0v) is 14.2. The first-order valence-electron chi connectivity index (χ1n) is 8.11. The third-order valence-electron chi connectivity index (χ3n) is 3.97. The predicted molar refractivity (Wildman–Crippen MR) is 99.1 cm³/mol. The molecule has 0 saturated carbocycles. The van der Waals surface area contributed by atoms with Gasteiger partial charge in [0.1, 0.15) is 5.75 Å². The summed E-state index contributed by atoms with van der Waals surface area (Å²) in [7, 11) is 0. The number of ether oxygens (including phenoxy) is 1. The maximum absolute atomic E-state index is 12.5. The van der Waals surface area contributed by atoms with Crippen molar-refractivity contribution in [1.29, 1.82) is 0 Å². The topological polar surface area (TPSA) is 55.4 Å². The summed E-state index contributed by atoms with van der Waals surface area (Å²) in [4.78, 5) is 23.9. The summed E-state index contributed by atoms with van der Waals surface area (Å²) in [6, 6.07) is 20.5. The number of amides is 1. The van der Waals surface area contributed by atoms with Gasteiger partial charge in [-0.3, -0.25) is 9.59 Å². The molecule has 0 heterocycles. The standard InChI is InChI=1S/C21H19NO3/c1-14(23)17-9-5-10-18(13-17)25-15(2)21(24)22-20-12-6-8-16-7-3-4-11-19(16)20/h3-13,15H,1-2H3,(H,22,24). The van der Waals surface area contributed by atoms with Gasteiger partial charge in [0.25, 0.3) is 5.91 Å². The molecule has 0 saturated heterocycles. The van der Waals surface area contributed by atoms with Gasteiger partial charge in [0, 0.05) is 16.6 Å². The molecule has 1 unspecified atom stereocenters. The first-order valence-corrected chi connectivity index (χ1v) is 8.11. The van der Waals surface area contributed by atoms with Gasteiger partial charge in [-0.15, -0.1) is 0 Å². The average molecular weight is 333 g/mol. The number of carbonyl (C=O) groups is 2. The van der Waals surface area contributed by atoms with E-state index >= 15 is 0 Å². The number of fused-ring (bicyclic) bond motifs is 1. The molecule has 3 aromatic carbocycles. The SMILES string of the molecule is CC(=O)c1cccc(OC(C)C(=O)Nc2cccc3ccccc23)c1. The van der Waals surface area contributed by atoms with Crippen molar-refractivity contribution in [1.82, 2.24) is 0 Å². The highest BCUT2D eigenvalue weighted by Gasteiger charge is 2.16. The Hall–Kier alpha value is -3.14. The number of rotatable bonds is 5. The fraction of sp³-hybridized carbons (Fsp3) is 0.143. The molecule has 0 aliphatic carbocycles. The summed E-state index contributed by atoms with van der Waals surface area (Å²) in [6.07, 6.45) is -0.693. The van der Waals surface area contributed by atoms with Crippen molar-refractivity contribution in [3.63, 3.8) is 0 Å². The molecule has 0 spiro atoms. The number of hydrogen-bond acceptors (Lipinski definition) is 3. The zero-order valence-electron chi connectivity index (χ0n) is 14.2. The molecular formula is C21H19NO3. The second-order valence-electron chi connectivity index (χ2n) is 5.86. The Morgan fingerprint density at radius 1 is 0.960 bits per heavy atom. The zero-order chi connectivity index (χ0) is 17.8. The minimum atomic E-state index is -0.693. The van der Waals surface area contributed by atoms with Gasteiger partial charge in [-0.1, -0.05) is 48.5 Å². The number of carbonyl (C=O) groups excluding carboxylic acids is 2. The van der Waals surface area contributed by atoms with E-state index in [0.29, 0.717) is 11.3 Å². The average Bonchev–Trinajstić information content (AvgIpc) is 2.62. The van der Waals surface area contributed by atoms with E-state index < -0.39 is 6.10 Å². The van der Waals surface area contributed by atoms with Crippen LogP contribution in [0.3, 0.4) is 0 Å². The van der Waals surface area contributed by atoms with Crippen LogP contribution < -0.4 is 10.1 Å². The van der Waals surface area contributed by atoms with Crippen molar-refractivity contribution in [2.45, 2.75) is 20.0 Å². The molecule has 4 heteroatoms. The summed E-state index contributed by atoms with van der Waals surface area (Å²) in [5.41, 5.74) is 1.30. The minimum Gasteiger partial charge on any atom is -0.481 e. The molecule has 0 bridgehead atoms. The van der Waals surface area contributed by atoms with Crippen LogP contribution in [0.4, 0.5) is 5.69 Å². The molecule has 1 amide bonds. The Kier molecular flexibility index (Phi) is 4.80. The van der Waals surface area contributed by atoms with E-state index in [-0.39, 0.29) is 11.7 Å². The van der Waals surface area contributed by atoms with E-state index in [1.807, 2.05) is 42.5 Å². The first-order chi connectivity index (χ1) is 12.0. The summed E-state index contributed by atoms with van der Waals surface area (Å²) in [5, 5.41) is 4.95. The van der Waals surface area contributed by atoms with Gasteiger partial charge in [0.15, 0.2) is 11.9 Å². The molecule has 0 aliphatic rings. The molecule has 0 fully saturated rings. The number of hydrogen-bond donors (Lipinski definition) is 1. The van der Waals surface area contributed by atoms with E-state index in [2.05, 4.69) is 5.32 Å². The van der Waals surface area contributed by atoms with Crippen molar-refractivity contribution < 1.29 is 14.3 Å². The molecule has 0 aromatic heterocycles. The smallest absolute Gasteiger partial charge is 0.265 e. The van der Waals surface area contributed by atoms with E-state index in [1.165, 1.54) is 6.92 Å². The lowest BCUT2D eigenvalue weighted by molar-refractivity contribution is -0.122. The monoisotopic (exact) mass is 333 g/mol. The Balaban J connectivity index is 1.74. The molecule has 1 atom stereocenters. The number of Topliss-reactive ketones (excluding diaryl/α,β-unsaturated/α-hetero) is 1. The fourth-order valence-electron chi connectivity index (χ4n) is 2.61. The summed E-state index contributed by atoms with van der Waals surface area (Å²) in [6.45, 7) is 3.18. The van der Waals surface area contributed by atoms with E-state index in [9.17, 15) is 9.59 Å². The van der Waals surface area contributed by atoms with Crippen molar-refractivity contribution in [3.8, 4) is 5.75 Å². The molecule has 25 heavy (non-hydrogen) atoms. The van der Waals surface area contributed by atoms with Gasteiger partial charge in [0.05, 0.1) is 0 Å². The molecular weight excluding hydrogens is 314 g/mol. The summed E-state index contributed by atoms with van der Waals surface area (Å²) >= 11 is 0. The van der Waals surface area contributed by atoms with Crippen LogP contribution in [0.5, 0.6) is 5.75 Å². The van der Waals surface area contributed by atoms with Gasteiger partial charge in [-0.05, 0) is 37.4 Å². The Labute approximate surface area is 146 Å². The lowest BCUT2D eigenvalue weighted by Crippen LogP contribution is -2.30. The largest absolute Gasteiger partial charge is 0.481 e. The van der Waals surface area contributed by atoms with Crippen LogP contribution in [0.25, 0.3) is 10.8 Å². The summed E-state index contributed by atoms with van der Waals surface area (Å²) < 4.78 is 5.69. The van der Waals surface area contributed by atoms with Gasteiger partial charge >= 0.3 is 0 Å². The molecule has 0 aliphatic heterocycles. The van der Waals surface area contributed by atoms with Crippen molar-refractivity contribution >= 4 is 28.2 Å². The van der Waals surface area contributed by atoms with Gasteiger partial charge in [-0.25, -0.2) is 0 Å². The number of ketones is 1. The van der Waals surface area contributed by atoms with Crippen LogP contribution in [-0.2, 0) is 4.79 Å². The highest BCUT2D eigenvalue weighted by atomic mass is 16.5. The fourth-order valence-corrected chi connectivity index (χ4v) is 2.61. The molecule has 0 radical (unpaired) electrons. The van der Waals surface area contributed by atoms with Crippen LogP contribution in [0.15, 0.2) is 66.7 Å². The minimum absolute atomic E-state index is 0.0432. The maximum atomic E-state index is 12.5. The number of benzene rings is 3. The molecule has 4 nitrogen and oxygen atoms in total. The second kappa shape index (κ2) is 7.18. The highest BCUT2D eigenvalue weighted by molar-refractivity contribution is 6.03. The van der Waals surface area contributed by atoms with Crippen LogP contribution in [0.1, 0.15) is 24.2 Å². The van der Waals surface area contributed by atoms with Crippen LogP contribution in [0.2, 0.25) is 0 Å². The maximum Gasteiger partial charge on any atom is 0.265 e. The second-order valence-corrected chi connectivity index (χ2v) is 5.86. The van der Waals surface area contributed by atoms with E-state index in [1.54, 1.807) is 31.2 Å². The predicted octanol–water partition coefficient (Wildman–Crippen LogP) is 4.45. The lowest BCUT2D eigenvalue weighted by atomic mass is 10.1. The summed E-state index contributed by atoms with van der Waals surface area (Å²) in [5.74, 6) is 0.205. The Morgan fingerprint density at radius 2 is 1.68 bits per heavy atom. The molecule has 1 N–H and O–H groups in total. The van der Waals surface area contributed by atoms with Crippen molar-refractivity contribution in [2.24, 2.45) is 0 Å². The Morgan fingerprint density at radius 3 is 2.48 bits per heavy atom. The quantitative estimate of drug-likeness (QED) is 0.702. The van der Waals surface area contributed by atoms with Gasteiger partial charge < -0.3 is 10.1 Å². The lowest BCUT2D eigenvalue weighted by Gasteiger charge is -2.16.